The zero-order valence-corrected chi connectivity index (χ0v) is 11.9. The Kier molecular flexibility index (Phi) is 3.84. The van der Waals surface area contributed by atoms with Crippen molar-refractivity contribution in [2.45, 2.75) is 0 Å². The summed E-state index contributed by atoms with van der Waals surface area (Å²) >= 11 is 0. The molecule has 1 heterocycles. The van der Waals surface area contributed by atoms with Gasteiger partial charge in [-0.15, -0.1) is 5.10 Å². The molecule has 7 heteroatoms. The van der Waals surface area contributed by atoms with E-state index in [-0.39, 0.29) is 11.3 Å². The van der Waals surface area contributed by atoms with Gasteiger partial charge in [-0.3, -0.25) is 4.79 Å². The van der Waals surface area contributed by atoms with Crippen molar-refractivity contribution in [3.63, 3.8) is 0 Å². The Bertz CT molecular complexity index is 859. The molecule has 0 aliphatic heterocycles. The summed E-state index contributed by atoms with van der Waals surface area (Å²) in [7, 11) is 0. The van der Waals surface area contributed by atoms with E-state index in [0.29, 0.717) is 5.69 Å². The number of carboxylic acid groups (broad SMARTS) is 1. The van der Waals surface area contributed by atoms with Gasteiger partial charge in [-0.1, -0.05) is 29.5 Å². The van der Waals surface area contributed by atoms with Crippen LogP contribution in [0.4, 0.5) is 5.69 Å². The highest BCUT2D eigenvalue weighted by Crippen LogP contribution is 2.12. The first-order valence-corrected chi connectivity index (χ1v) is 6.76. The summed E-state index contributed by atoms with van der Waals surface area (Å²) in [6.07, 6.45) is 1.51. The molecule has 0 atom stereocenters. The van der Waals surface area contributed by atoms with Crippen LogP contribution in [0.25, 0.3) is 5.69 Å². The third kappa shape index (κ3) is 3.24. The molecule has 114 valence electrons. The van der Waals surface area contributed by atoms with Gasteiger partial charge in [-0.2, -0.15) is 0 Å². The number of carboxylic acids is 1. The summed E-state index contributed by atoms with van der Waals surface area (Å²) in [5.41, 5.74) is 1.39. The van der Waals surface area contributed by atoms with E-state index in [4.69, 9.17) is 5.11 Å². The second-order valence-electron chi connectivity index (χ2n) is 4.72. The molecule has 0 radical (unpaired) electrons. The Hall–Kier alpha value is -3.48. The van der Waals surface area contributed by atoms with Crippen LogP contribution in [0, 0.1) is 0 Å². The lowest BCUT2D eigenvalue weighted by Crippen LogP contribution is -2.13. The molecule has 0 spiro atoms. The van der Waals surface area contributed by atoms with Crippen molar-refractivity contribution in [2.24, 2.45) is 0 Å². The van der Waals surface area contributed by atoms with Gasteiger partial charge in [0.25, 0.3) is 5.91 Å². The Morgan fingerprint density at radius 1 is 1.04 bits per heavy atom. The number of aromatic carboxylic acids is 1. The molecule has 2 aromatic carbocycles. The number of hydrogen-bond donors (Lipinski definition) is 2. The number of carbonyl (C=O) groups excluding carboxylic acids is 1. The van der Waals surface area contributed by atoms with E-state index in [0.717, 1.165) is 5.69 Å². The normalized spacial score (nSPS) is 10.3. The monoisotopic (exact) mass is 308 g/mol. The number of amides is 1. The van der Waals surface area contributed by atoms with Crippen LogP contribution in [0.5, 0.6) is 0 Å². The SMILES string of the molecule is O=C(O)c1cccc(NC(=O)c2cn(-c3ccccc3)nn2)c1. The molecule has 0 aliphatic carbocycles. The van der Waals surface area contributed by atoms with Crippen molar-refractivity contribution in [3.8, 4) is 5.69 Å². The fourth-order valence-electron chi connectivity index (χ4n) is 2.00. The number of nitrogens with zero attached hydrogens (tertiary/aromatic N) is 3. The van der Waals surface area contributed by atoms with Gasteiger partial charge < -0.3 is 10.4 Å². The fourth-order valence-corrected chi connectivity index (χ4v) is 2.00. The first kappa shape index (κ1) is 14.5. The number of rotatable bonds is 4. The third-order valence-electron chi connectivity index (χ3n) is 3.11. The number of hydrogen-bond acceptors (Lipinski definition) is 4. The van der Waals surface area contributed by atoms with Crippen LogP contribution in [-0.2, 0) is 0 Å². The molecule has 0 fully saturated rings. The number of aromatic nitrogens is 3. The molecule has 0 aliphatic rings. The molecule has 3 rings (SSSR count). The van der Waals surface area contributed by atoms with E-state index < -0.39 is 11.9 Å². The first-order chi connectivity index (χ1) is 11.1. The van der Waals surface area contributed by atoms with Gasteiger partial charge in [0.2, 0.25) is 0 Å². The van der Waals surface area contributed by atoms with Gasteiger partial charge >= 0.3 is 5.97 Å². The highest BCUT2D eigenvalue weighted by molar-refractivity contribution is 6.03. The minimum absolute atomic E-state index is 0.0933. The van der Waals surface area contributed by atoms with Crippen LogP contribution in [0.1, 0.15) is 20.8 Å². The van der Waals surface area contributed by atoms with Crippen LogP contribution in [-0.4, -0.2) is 32.0 Å². The van der Waals surface area contributed by atoms with Crippen molar-refractivity contribution in [2.75, 3.05) is 5.32 Å². The molecular weight excluding hydrogens is 296 g/mol. The van der Waals surface area contributed by atoms with Crippen LogP contribution >= 0.6 is 0 Å². The Morgan fingerprint density at radius 2 is 1.83 bits per heavy atom. The van der Waals surface area contributed by atoms with Gasteiger partial charge in [-0.25, -0.2) is 9.48 Å². The van der Waals surface area contributed by atoms with E-state index in [1.807, 2.05) is 30.3 Å². The second-order valence-corrected chi connectivity index (χ2v) is 4.72. The van der Waals surface area contributed by atoms with Gasteiger partial charge in [0.15, 0.2) is 5.69 Å². The van der Waals surface area contributed by atoms with Gasteiger partial charge in [0.1, 0.15) is 0 Å². The Balaban J connectivity index is 1.78. The average molecular weight is 308 g/mol. The molecule has 3 aromatic rings. The summed E-state index contributed by atoms with van der Waals surface area (Å²) in [6.45, 7) is 0. The number of carbonyl (C=O) groups is 2. The summed E-state index contributed by atoms with van der Waals surface area (Å²) in [5.74, 6) is -1.52. The lowest BCUT2D eigenvalue weighted by Gasteiger charge is -2.03. The van der Waals surface area contributed by atoms with Crippen molar-refractivity contribution >= 4 is 17.6 Å². The van der Waals surface area contributed by atoms with Crippen molar-refractivity contribution in [1.82, 2.24) is 15.0 Å². The predicted octanol–water partition coefficient (Wildman–Crippen LogP) is 2.22. The molecule has 0 unspecified atom stereocenters. The Labute approximate surface area is 131 Å². The third-order valence-corrected chi connectivity index (χ3v) is 3.11. The van der Waals surface area contributed by atoms with E-state index >= 15 is 0 Å². The maximum absolute atomic E-state index is 12.2. The average Bonchev–Trinajstić information content (AvgIpc) is 3.06. The minimum atomic E-state index is -1.06. The largest absolute Gasteiger partial charge is 0.478 e. The molecule has 1 amide bonds. The lowest BCUT2D eigenvalue weighted by molar-refractivity contribution is 0.0696. The molecule has 0 bridgehead atoms. The van der Waals surface area contributed by atoms with E-state index in [2.05, 4.69) is 15.6 Å². The van der Waals surface area contributed by atoms with Crippen LogP contribution in [0.3, 0.4) is 0 Å². The molecule has 0 saturated carbocycles. The summed E-state index contributed by atoms with van der Waals surface area (Å²) in [5, 5.41) is 19.3. The van der Waals surface area contributed by atoms with Crippen LogP contribution in [0.15, 0.2) is 60.8 Å². The lowest BCUT2D eigenvalue weighted by atomic mass is 10.2. The second kappa shape index (κ2) is 6.10. The van der Waals surface area contributed by atoms with Crippen LogP contribution in [0.2, 0.25) is 0 Å². The zero-order chi connectivity index (χ0) is 16.2. The van der Waals surface area contributed by atoms with Crippen molar-refractivity contribution in [3.05, 3.63) is 72.1 Å². The topological polar surface area (TPSA) is 97.1 Å². The van der Waals surface area contributed by atoms with Gasteiger partial charge in [0, 0.05) is 5.69 Å². The predicted molar refractivity (Wildman–Crippen MR) is 82.7 cm³/mol. The van der Waals surface area contributed by atoms with E-state index in [9.17, 15) is 9.59 Å². The quantitative estimate of drug-likeness (QED) is 0.770. The maximum atomic E-state index is 12.2. The summed E-state index contributed by atoms with van der Waals surface area (Å²) in [4.78, 5) is 23.1. The first-order valence-electron chi connectivity index (χ1n) is 6.76. The molecule has 23 heavy (non-hydrogen) atoms. The number of benzene rings is 2. The molecular formula is C16H12N4O3. The minimum Gasteiger partial charge on any atom is -0.478 e. The number of para-hydroxylation sites is 1. The Morgan fingerprint density at radius 3 is 2.57 bits per heavy atom. The summed E-state index contributed by atoms with van der Waals surface area (Å²) < 4.78 is 1.49. The van der Waals surface area contributed by atoms with Crippen molar-refractivity contribution in [1.29, 1.82) is 0 Å². The van der Waals surface area contributed by atoms with Crippen LogP contribution < -0.4 is 5.32 Å². The highest BCUT2D eigenvalue weighted by Gasteiger charge is 2.12. The summed E-state index contributed by atoms with van der Waals surface area (Å²) in [6, 6.07) is 15.3. The number of anilines is 1. The van der Waals surface area contributed by atoms with Gasteiger partial charge in [0.05, 0.1) is 17.4 Å². The molecule has 0 saturated heterocycles. The van der Waals surface area contributed by atoms with Gasteiger partial charge in [-0.05, 0) is 30.3 Å². The molecule has 7 nitrogen and oxygen atoms in total. The zero-order valence-electron chi connectivity index (χ0n) is 11.9. The number of nitrogens with one attached hydrogen (secondary N) is 1. The smallest absolute Gasteiger partial charge is 0.335 e. The van der Waals surface area contributed by atoms with E-state index in [1.54, 1.807) is 12.1 Å². The highest BCUT2D eigenvalue weighted by atomic mass is 16.4. The van der Waals surface area contributed by atoms with Crippen molar-refractivity contribution < 1.29 is 14.7 Å². The molecule has 1 aromatic heterocycles. The van der Waals surface area contributed by atoms with E-state index in [1.165, 1.54) is 23.0 Å². The molecule has 2 N–H and O–H groups in total. The maximum Gasteiger partial charge on any atom is 0.335 e. The standard InChI is InChI=1S/C16H12N4O3/c21-15(17-12-6-4-5-11(9-12)16(22)23)14-10-20(19-18-14)13-7-2-1-3-8-13/h1-10H,(H,17,21)(H,22,23). The fraction of sp³-hybridized carbons (Fsp3) is 0.